The molecular formula is C18H17ClN2O2. The second kappa shape index (κ2) is 6.75. The topological polar surface area (TPSA) is 43.3 Å². The summed E-state index contributed by atoms with van der Waals surface area (Å²) in [6, 6.07) is 15.1. The average molecular weight is 329 g/mol. The third-order valence-electron chi connectivity index (χ3n) is 3.71. The van der Waals surface area contributed by atoms with Crippen LogP contribution in [0.4, 0.5) is 5.69 Å². The number of carbonyl (C=O) groups is 1. The highest BCUT2D eigenvalue weighted by Crippen LogP contribution is 2.23. The van der Waals surface area contributed by atoms with E-state index >= 15 is 0 Å². The Hall–Kier alpha value is -2.46. The Balaban J connectivity index is 1.66. The molecule has 0 bridgehead atoms. The maximum absolute atomic E-state index is 12.1. The van der Waals surface area contributed by atoms with Gasteiger partial charge >= 0.3 is 0 Å². The number of aromatic nitrogens is 1. The number of nitrogens with one attached hydrogen (secondary N) is 1. The van der Waals surface area contributed by atoms with Crippen LogP contribution in [-0.4, -0.2) is 17.6 Å². The van der Waals surface area contributed by atoms with Gasteiger partial charge < -0.3 is 14.6 Å². The van der Waals surface area contributed by atoms with Crippen molar-refractivity contribution in [1.29, 1.82) is 0 Å². The summed E-state index contributed by atoms with van der Waals surface area (Å²) in [7, 11) is 1.65. The Kier molecular flexibility index (Phi) is 4.53. The van der Waals surface area contributed by atoms with Crippen LogP contribution in [0.1, 0.15) is 6.42 Å². The maximum atomic E-state index is 12.1. The van der Waals surface area contributed by atoms with Crippen LogP contribution in [0.15, 0.2) is 54.7 Å². The first-order chi connectivity index (χ1) is 11.2. The van der Waals surface area contributed by atoms with Gasteiger partial charge in [-0.25, -0.2) is 0 Å². The molecule has 5 heteroatoms. The summed E-state index contributed by atoms with van der Waals surface area (Å²) in [4.78, 5) is 12.1. The van der Waals surface area contributed by atoms with Crippen LogP contribution in [0.3, 0.4) is 0 Å². The molecule has 3 aromatic rings. The molecule has 118 valence electrons. The van der Waals surface area contributed by atoms with Crippen LogP contribution in [-0.2, 0) is 11.3 Å². The summed E-state index contributed by atoms with van der Waals surface area (Å²) in [5, 5.41) is 4.47. The van der Waals surface area contributed by atoms with Crippen molar-refractivity contribution in [2.24, 2.45) is 0 Å². The van der Waals surface area contributed by atoms with Gasteiger partial charge in [-0.2, -0.15) is 0 Å². The molecule has 1 amide bonds. The number of hydrogen-bond donors (Lipinski definition) is 1. The molecule has 23 heavy (non-hydrogen) atoms. The van der Waals surface area contributed by atoms with E-state index in [2.05, 4.69) is 9.88 Å². The van der Waals surface area contributed by atoms with Gasteiger partial charge in [0.2, 0.25) is 5.91 Å². The molecule has 0 aliphatic carbocycles. The van der Waals surface area contributed by atoms with Gasteiger partial charge in [-0.1, -0.05) is 23.7 Å². The van der Waals surface area contributed by atoms with E-state index < -0.39 is 0 Å². The number of carbonyl (C=O) groups excluding carboxylic acids is 1. The Morgan fingerprint density at radius 2 is 2.04 bits per heavy atom. The zero-order valence-corrected chi connectivity index (χ0v) is 13.5. The van der Waals surface area contributed by atoms with Crippen molar-refractivity contribution in [3.63, 3.8) is 0 Å². The highest BCUT2D eigenvalue weighted by atomic mass is 35.5. The molecule has 0 aliphatic heterocycles. The molecule has 1 aromatic heterocycles. The van der Waals surface area contributed by atoms with Crippen molar-refractivity contribution in [2.45, 2.75) is 13.0 Å². The molecule has 0 fully saturated rings. The normalized spacial score (nSPS) is 10.7. The lowest BCUT2D eigenvalue weighted by Gasteiger charge is -2.08. The molecule has 0 saturated heterocycles. The lowest BCUT2D eigenvalue weighted by molar-refractivity contribution is -0.116. The molecular weight excluding hydrogens is 312 g/mol. The number of halogens is 1. The number of hydrogen-bond acceptors (Lipinski definition) is 2. The molecule has 0 unspecified atom stereocenters. The molecule has 1 heterocycles. The molecule has 2 aromatic carbocycles. The van der Waals surface area contributed by atoms with Crippen LogP contribution in [0.5, 0.6) is 5.75 Å². The van der Waals surface area contributed by atoms with Gasteiger partial charge in [0.05, 0.1) is 17.8 Å². The summed E-state index contributed by atoms with van der Waals surface area (Å²) >= 11 is 6.04. The molecule has 0 spiro atoms. The lowest BCUT2D eigenvalue weighted by atomic mass is 10.2. The fraction of sp³-hybridized carbons (Fsp3) is 0.167. The Bertz CT molecular complexity index is 842. The van der Waals surface area contributed by atoms with Crippen molar-refractivity contribution in [3.8, 4) is 5.75 Å². The van der Waals surface area contributed by atoms with E-state index in [9.17, 15) is 4.79 Å². The summed E-state index contributed by atoms with van der Waals surface area (Å²) in [5.74, 6) is 0.764. The first-order valence-corrected chi connectivity index (χ1v) is 7.72. The highest BCUT2D eigenvalue weighted by Gasteiger charge is 2.07. The van der Waals surface area contributed by atoms with Crippen LogP contribution >= 0.6 is 11.6 Å². The van der Waals surface area contributed by atoms with E-state index in [-0.39, 0.29) is 5.91 Å². The number of fused-ring (bicyclic) bond motifs is 1. The van der Waals surface area contributed by atoms with Crippen molar-refractivity contribution >= 4 is 34.1 Å². The van der Waals surface area contributed by atoms with Gasteiger partial charge in [0.15, 0.2) is 0 Å². The summed E-state index contributed by atoms with van der Waals surface area (Å²) in [5.41, 5.74) is 1.72. The summed E-state index contributed by atoms with van der Waals surface area (Å²) < 4.78 is 7.28. The summed E-state index contributed by atoms with van der Waals surface area (Å²) in [6.07, 6.45) is 2.36. The lowest BCUT2D eigenvalue weighted by Crippen LogP contribution is -2.14. The minimum atomic E-state index is -0.0616. The second-order valence-corrected chi connectivity index (χ2v) is 5.62. The van der Waals surface area contributed by atoms with Gasteiger partial charge in [-0.3, -0.25) is 4.79 Å². The fourth-order valence-corrected chi connectivity index (χ4v) is 2.68. The molecule has 0 saturated carbocycles. The Morgan fingerprint density at radius 1 is 1.22 bits per heavy atom. The second-order valence-electron chi connectivity index (χ2n) is 5.21. The van der Waals surface area contributed by atoms with Crippen molar-refractivity contribution in [1.82, 2.24) is 4.57 Å². The number of rotatable bonds is 5. The van der Waals surface area contributed by atoms with Crippen molar-refractivity contribution < 1.29 is 9.53 Å². The quantitative estimate of drug-likeness (QED) is 0.757. The van der Waals surface area contributed by atoms with E-state index in [1.54, 1.807) is 19.2 Å². The molecule has 3 rings (SSSR count). The minimum absolute atomic E-state index is 0.0616. The third-order valence-corrected chi connectivity index (χ3v) is 4.04. The number of amides is 1. The van der Waals surface area contributed by atoms with Gasteiger partial charge in [0.1, 0.15) is 5.75 Å². The molecule has 0 atom stereocenters. The smallest absolute Gasteiger partial charge is 0.226 e. The number of ether oxygens (including phenoxy) is 1. The average Bonchev–Trinajstić information content (AvgIpc) is 2.97. The number of aryl methyl sites for hydroxylation is 1. The number of anilines is 1. The predicted octanol–water partition coefficient (Wildman–Crippen LogP) is 4.33. The Morgan fingerprint density at radius 3 is 2.83 bits per heavy atom. The van der Waals surface area contributed by atoms with Crippen LogP contribution in [0, 0.1) is 0 Å². The third kappa shape index (κ3) is 3.48. The van der Waals surface area contributed by atoms with Gasteiger partial charge in [0, 0.05) is 30.1 Å². The Labute approximate surface area is 139 Å². The fourth-order valence-electron chi connectivity index (χ4n) is 2.50. The highest BCUT2D eigenvalue weighted by molar-refractivity contribution is 6.33. The van der Waals surface area contributed by atoms with Crippen LogP contribution in [0.2, 0.25) is 5.02 Å². The number of methoxy groups -OCH3 is 1. The van der Waals surface area contributed by atoms with Crippen molar-refractivity contribution in [3.05, 3.63) is 59.8 Å². The standard InChI is InChI=1S/C18H17ClN2O2/c1-23-14-6-7-17-13(12-14)8-10-21(17)11-9-18(22)20-16-5-3-2-4-15(16)19/h2-8,10,12H,9,11H2,1H3,(H,20,22). The first kappa shape index (κ1) is 15.4. The number of para-hydroxylation sites is 1. The maximum Gasteiger partial charge on any atom is 0.226 e. The van der Waals surface area contributed by atoms with Crippen LogP contribution in [0.25, 0.3) is 10.9 Å². The molecule has 0 aliphatic rings. The van der Waals surface area contributed by atoms with Gasteiger partial charge in [0.25, 0.3) is 0 Å². The van der Waals surface area contributed by atoms with Gasteiger partial charge in [-0.05, 0) is 36.4 Å². The first-order valence-electron chi connectivity index (χ1n) is 7.34. The van der Waals surface area contributed by atoms with E-state index in [0.29, 0.717) is 23.7 Å². The number of nitrogens with zero attached hydrogens (tertiary/aromatic N) is 1. The summed E-state index contributed by atoms with van der Waals surface area (Å²) in [6.45, 7) is 0.603. The van der Waals surface area contributed by atoms with Crippen molar-refractivity contribution in [2.75, 3.05) is 12.4 Å². The van der Waals surface area contributed by atoms with E-state index in [4.69, 9.17) is 16.3 Å². The zero-order valence-electron chi connectivity index (χ0n) is 12.8. The molecule has 0 radical (unpaired) electrons. The van der Waals surface area contributed by atoms with E-state index in [1.165, 1.54) is 0 Å². The van der Waals surface area contributed by atoms with Crippen LogP contribution < -0.4 is 10.1 Å². The molecule has 4 nitrogen and oxygen atoms in total. The number of benzene rings is 2. The van der Waals surface area contributed by atoms with E-state index in [1.807, 2.05) is 42.6 Å². The SMILES string of the molecule is COc1ccc2c(ccn2CCC(=O)Nc2ccccc2Cl)c1. The predicted molar refractivity (Wildman–Crippen MR) is 93.2 cm³/mol. The minimum Gasteiger partial charge on any atom is -0.497 e. The van der Waals surface area contributed by atoms with E-state index in [0.717, 1.165) is 16.7 Å². The van der Waals surface area contributed by atoms with Gasteiger partial charge in [-0.15, -0.1) is 0 Å². The monoisotopic (exact) mass is 328 g/mol. The molecule has 1 N–H and O–H groups in total. The largest absolute Gasteiger partial charge is 0.497 e. The zero-order chi connectivity index (χ0) is 16.2.